The highest BCUT2D eigenvalue weighted by Gasteiger charge is 2.32. The predicted molar refractivity (Wildman–Crippen MR) is 108 cm³/mol. The molecule has 2 heterocycles. The fraction of sp³-hybridized carbons (Fsp3) is 0.421. The normalized spacial score (nSPS) is 23.1. The fourth-order valence-electron chi connectivity index (χ4n) is 2.97. The van der Waals surface area contributed by atoms with Crippen LogP contribution in [0, 0.1) is 5.92 Å². The second-order valence-electron chi connectivity index (χ2n) is 6.91. The van der Waals surface area contributed by atoms with Crippen molar-refractivity contribution in [2.75, 3.05) is 32.2 Å². The van der Waals surface area contributed by atoms with Crippen LogP contribution in [0.2, 0.25) is 0 Å². The second-order valence-corrected chi connectivity index (χ2v) is 7.76. The monoisotopic (exact) mass is 434 g/mol. The van der Waals surface area contributed by atoms with E-state index < -0.39 is 0 Å². The molecular formula is C19H25BrN5O2+. The quantitative estimate of drug-likeness (QED) is 0.433. The van der Waals surface area contributed by atoms with Gasteiger partial charge in [-0.3, -0.25) is 5.32 Å². The van der Waals surface area contributed by atoms with Crippen LogP contribution in [-0.2, 0) is 4.74 Å². The molecule has 2 aromatic rings. The van der Waals surface area contributed by atoms with Crippen LogP contribution >= 0.6 is 15.9 Å². The highest BCUT2D eigenvalue weighted by atomic mass is 79.9. The first-order valence-corrected chi connectivity index (χ1v) is 9.82. The van der Waals surface area contributed by atoms with Crippen molar-refractivity contribution in [3.63, 3.8) is 0 Å². The number of hydrogen-bond acceptors (Lipinski definition) is 5. The summed E-state index contributed by atoms with van der Waals surface area (Å²) >= 11 is 3.50. The van der Waals surface area contributed by atoms with Crippen LogP contribution < -0.4 is 5.32 Å². The third-order valence-electron chi connectivity index (χ3n) is 4.73. The van der Waals surface area contributed by atoms with E-state index in [1.54, 1.807) is 13.2 Å². The van der Waals surface area contributed by atoms with Crippen LogP contribution in [0.3, 0.4) is 0 Å². The number of anilines is 1. The molecule has 1 aromatic heterocycles. The number of quaternary nitrogens is 1. The summed E-state index contributed by atoms with van der Waals surface area (Å²) in [7, 11) is 1.62. The summed E-state index contributed by atoms with van der Waals surface area (Å²) < 4.78 is 6.43. The lowest BCUT2D eigenvalue weighted by Crippen LogP contribution is -2.52. The van der Waals surface area contributed by atoms with Crippen LogP contribution in [0.1, 0.15) is 19.8 Å². The molecule has 1 aliphatic heterocycles. The molecule has 7 nitrogen and oxygen atoms in total. The van der Waals surface area contributed by atoms with Crippen molar-refractivity contribution >= 4 is 27.9 Å². The van der Waals surface area contributed by atoms with Gasteiger partial charge in [0, 0.05) is 31.6 Å². The standard InChI is InChI=1S/C19H25BrN5O2/c1-14-8-10-25(26,11-9-14)13-27-19(21-2)24-18-22-12-16(20)17(23-18)15-6-4-3-5-7-15/h3-7,12,14,26H,8-11,13H2,1-2H3,(H,21,22,23,24)/q+1. The summed E-state index contributed by atoms with van der Waals surface area (Å²) in [5, 5.41) is 13.6. The Morgan fingerprint density at radius 1 is 1.33 bits per heavy atom. The van der Waals surface area contributed by atoms with Gasteiger partial charge in [-0.2, -0.15) is 4.65 Å². The first kappa shape index (κ1) is 19.7. The Balaban J connectivity index is 1.67. The van der Waals surface area contributed by atoms with Gasteiger partial charge in [-0.25, -0.2) is 20.2 Å². The van der Waals surface area contributed by atoms with Gasteiger partial charge in [0.2, 0.25) is 5.95 Å². The Labute approximate surface area is 167 Å². The van der Waals surface area contributed by atoms with Gasteiger partial charge >= 0.3 is 0 Å². The zero-order valence-electron chi connectivity index (χ0n) is 15.6. The molecular weight excluding hydrogens is 410 g/mol. The van der Waals surface area contributed by atoms with Gasteiger partial charge in [0.25, 0.3) is 12.8 Å². The second kappa shape index (κ2) is 8.77. The van der Waals surface area contributed by atoms with Crippen LogP contribution in [0.4, 0.5) is 5.95 Å². The lowest BCUT2D eigenvalue weighted by Gasteiger charge is -2.35. The molecule has 0 aliphatic carbocycles. The molecule has 0 amide bonds. The van der Waals surface area contributed by atoms with Crippen LogP contribution in [0.15, 0.2) is 46.0 Å². The molecule has 0 unspecified atom stereocenters. The molecule has 1 saturated heterocycles. The number of likely N-dealkylation sites (tertiary alicyclic amines) is 1. The van der Waals surface area contributed by atoms with E-state index in [0.29, 0.717) is 25.0 Å². The average molecular weight is 435 g/mol. The number of aliphatic imine (C=N–C) groups is 1. The molecule has 0 spiro atoms. The Bertz CT molecular complexity index is 792. The average Bonchev–Trinajstić information content (AvgIpc) is 2.69. The van der Waals surface area contributed by atoms with Crippen molar-refractivity contribution in [1.82, 2.24) is 9.97 Å². The van der Waals surface area contributed by atoms with E-state index in [0.717, 1.165) is 28.6 Å². The number of amidine groups is 1. The zero-order valence-corrected chi connectivity index (χ0v) is 17.2. The van der Waals surface area contributed by atoms with Gasteiger partial charge in [-0.1, -0.05) is 37.3 Å². The Morgan fingerprint density at radius 2 is 2.04 bits per heavy atom. The third-order valence-corrected chi connectivity index (χ3v) is 5.31. The number of ether oxygens (including phenoxy) is 1. The number of nitrogens with zero attached hydrogens (tertiary/aromatic N) is 4. The van der Waals surface area contributed by atoms with E-state index in [-0.39, 0.29) is 17.4 Å². The van der Waals surface area contributed by atoms with E-state index in [1.165, 1.54) is 0 Å². The third kappa shape index (κ3) is 5.24. The highest BCUT2D eigenvalue weighted by Crippen LogP contribution is 2.26. The van der Waals surface area contributed by atoms with Crippen LogP contribution in [0.25, 0.3) is 11.3 Å². The molecule has 0 saturated carbocycles. The van der Waals surface area contributed by atoms with E-state index in [1.807, 2.05) is 30.3 Å². The SMILES string of the molecule is CN=C(Nc1ncc(Br)c(-c2ccccc2)n1)OC[N+]1(O)CCC(C)CC1. The maximum atomic E-state index is 10.6. The van der Waals surface area contributed by atoms with E-state index >= 15 is 0 Å². The molecule has 0 radical (unpaired) electrons. The van der Waals surface area contributed by atoms with Gasteiger partial charge in [0.1, 0.15) is 13.1 Å². The van der Waals surface area contributed by atoms with Crippen molar-refractivity contribution < 1.29 is 14.6 Å². The van der Waals surface area contributed by atoms with E-state index in [2.05, 4.69) is 43.1 Å². The molecule has 1 fully saturated rings. The number of benzene rings is 1. The van der Waals surface area contributed by atoms with Crippen LogP contribution in [0.5, 0.6) is 0 Å². The minimum atomic E-state index is -0.0957. The van der Waals surface area contributed by atoms with Crippen molar-refractivity contribution in [2.24, 2.45) is 10.9 Å². The number of piperidine rings is 1. The topological polar surface area (TPSA) is 79.6 Å². The fourth-order valence-corrected chi connectivity index (χ4v) is 3.39. The first-order chi connectivity index (χ1) is 13.0. The Hall–Kier alpha value is -2.03. The van der Waals surface area contributed by atoms with E-state index in [4.69, 9.17) is 4.74 Å². The molecule has 144 valence electrons. The van der Waals surface area contributed by atoms with Gasteiger partial charge in [0.15, 0.2) is 0 Å². The lowest BCUT2D eigenvalue weighted by molar-refractivity contribution is -1.12. The Kier molecular flexibility index (Phi) is 6.41. The summed E-state index contributed by atoms with van der Waals surface area (Å²) in [6, 6.07) is 10.1. The number of hydrogen-bond donors (Lipinski definition) is 2. The lowest BCUT2D eigenvalue weighted by atomic mass is 9.99. The summed E-state index contributed by atoms with van der Waals surface area (Å²) in [5.74, 6) is 1.03. The number of aromatic nitrogens is 2. The van der Waals surface area contributed by atoms with Gasteiger partial charge in [0.05, 0.1) is 10.2 Å². The predicted octanol–water partition coefficient (Wildman–Crippen LogP) is 3.91. The molecule has 27 heavy (non-hydrogen) atoms. The van der Waals surface area contributed by atoms with Crippen molar-refractivity contribution in [1.29, 1.82) is 0 Å². The number of hydroxylamine groups is 3. The summed E-state index contributed by atoms with van der Waals surface area (Å²) in [6.45, 7) is 3.73. The summed E-state index contributed by atoms with van der Waals surface area (Å²) in [6.07, 6.45) is 3.67. The number of nitrogens with one attached hydrogen (secondary N) is 1. The molecule has 3 rings (SSSR count). The molecule has 1 aliphatic rings. The van der Waals surface area contributed by atoms with Gasteiger partial charge < -0.3 is 4.74 Å². The maximum absolute atomic E-state index is 10.6. The molecule has 0 atom stereocenters. The smallest absolute Gasteiger partial charge is 0.295 e. The van der Waals surface area contributed by atoms with Gasteiger partial charge in [-0.05, 0) is 21.8 Å². The summed E-state index contributed by atoms with van der Waals surface area (Å²) in [5.41, 5.74) is 1.76. The van der Waals surface area contributed by atoms with Crippen molar-refractivity contribution in [2.45, 2.75) is 19.8 Å². The minimum Gasteiger partial charge on any atom is -0.411 e. The molecule has 1 aromatic carbocycles. The largest absolute Gasteiger partial charge is 0.411 e. The summed E-state index contributed by atoms with van der Waals surface area (Å²) in [4.78, 5) is 12.9. The van der Waals surface area contributed by atoms with Crippen molar-refractivity contribution in [3.8, 4) is 11.3 Å². The van der Waals surface area contributed by atoms with E-state index in [9.17, 15) is 5.21 Å². The van der Waals surface area contributed by atoms with Crippen LogP contribution in [-0.4, -0.2) is 52.7 Å². The zero-order chi connectivity index (χ0) is 19.3. The molecule has 0 bridgehead atoms. The minimum absolute atomic E-state index is 0.0957. The molecule has 8 heteroatoms. The Morgan fingerprint density at radius 3 is 2.70 bits per heavy atom. The van der Waals surface area contributed by atoms with Gasteiger partial charge in [-0.15, -0.1) is 0 Å². The maximum Gasteiger partial charge on any atom is 0.295 e. The number of halogens is 1. The van der Waals surface area contributed by atoms with Crippen molar-refractivity contribution in [3.05, 3.63) is 41.0 Å². The first-order valence-electron chi connectivity index (χ1n) is 9.02. The highest BCUT2D eigenvalue weighted by molar-refractivity contribution is 9.10. The molecule has 2 N–H and O–H groups in total. The number of rotatable bonds is 4.